The maximum absolute atomic E-state index is 8.82. The molecule has 3 heteroatoms. The third-order valence-electron chi connectivity index (χ3n) is 2.05. The van der Waals surface area contributed by atoms with Crippen LogP contribution in [0.2, 0.25) is 0 Å². The van der Waals surface area contributed by atoms with E-state index in [1.54, 1.807) is 0 Å². The summed E-state index contributed by atoms with van der Waals surface area (Å²) < 4.78 is 0. The number of hydrogen-bond acceptors (Lipinski definition) is 3. The van der Waals surface area contributed by atoms with Crippen LogP contribution in [0.15, 0.2) is 0 Å². The van der Waals surface area contributed by atoms with Crippen molar-refractivity contribution >= 4 is 0 Å². The fourth-order valence-electron chi connectivity index (χ4n) is 1.21. The van der Waals surface area contributed by atoms with Crippen LogP contribution in [0, 0.1) is 5.92 Å². The second kappa shape index (κ2) is 3.91. The Morgan fingerprint density at radius 1 is 1.60 bits per heavy atom. The van der Waals surface area contributed by atoms with E-state index in [2.05, 4.69) is 17.6 Å². The molecule has 60 valence electrons. The van der Waals surface area contributed by atoms with Crippen molar-refractivity contribution < 1.29 is 5.11 Å². The quantitative estimate of drug-likeness (QED) is 0.474. The lowest BCUT2D eigenvalue weighted by Crippen LogP contribution is -2.51. The zero-order valence-electron chi connectivity index (χ0n) is 6.43. The van der Waals surface area contributed by atoms with Gasteiger partial charge in [-0.1, -0.05) is 6.92 Å². The van der Waals surface area contributed by atoms with Crippen LogP contribution in [0.25, 0.3) is 0 Å². The van der Waals surface area contributed by atoms with Gasteiger partial charge in [-0.15, -0.1) is 0 Å². The lowest BCUT2D eigenvalue weighted by atomic mass is 10.0. The molecule has 0 aliphatic carbocycles. The molecule has 1 heterocycles. The fraction of sp³-hybridized carbons (Fsp3) is 1.00. The Labute approximate surface area is 61.8 Å². The van der Waals surface area contributed by atoms with Gasteiger partial charge in [0.1, 0.15) is 0 Å². The van der Waals surface area contributed by atoms with Crippen LogP contribution >= 0.6 is 0 Å². The minimum atomic E-state index is 0.277. The third kappa shape index (κ3) is 1.94. The first-order chi connectivity index (χ1) is 4.84. The molecular weight excluding hydrogens is 128 g/mol. The maximum Gasteiger partial charge on any atom is 0.0471 e. The molecule has 0 amide bonds. The number of rotatable bonds is 2. The van der Waals surface area contributed by atoms with Gasteiger partial charge in [-0.25, -0.2) is 0 Å². The van der Waals surface area contributed by atoms with Crippen molar-refractivity contribution in [3.63, 3.8) is 0 Å². The number of piperazine rings is 1. The highest BCUT2D eigenvalue weighted by Crippen LogP contribution is 2.01. The van der Waals surface area contributed by atoms with Gasteiger partial charge in [0.25, 0.3) is 0 Å². The highest BCUT2D eigenvalue weighted by Gasteiger charge is 2.17. The Morgan fingerprint density at radius 2 is 2.40 bits per heavy atom. The Kier molecular flexibility index (Phi) is 3.12. The van der Waals surface area contributed by atoms with Crippen molar-refractivity contribution in [3.05, 3.63) is 0 Å². The normalized spacial score (nSPS) is 30.0. The van der Waals surface area contributed by atoms with Gasteiger partial charge < -0.3 is 15.7 Å². The average molecular weight is 144 g/mol. The smallest absolute Gasteiger partial charge is 0.0471 e. The first kappa shape index (κ1) is 7.98. The number of aliphatic hydroxyl groups is 1. The van der Waals surface area contributed by atoms with Crippen molar-refractivity contribution in [2.75, 3.05) is 26.2 Å². The van der Waals surface area contributed by atoms with E-state index in [9.17, 15) is 0 Å². The van der Waals surface area contributed by atoms with Gasteiger partial charge in [-0.05, 0) is 5.92 Å². The first-order valence-corrected chi connectivity index (χ1v) is 3.89. The number of hydrogen-bond donors (Lipinski definition) is 3. The molecule has 0 bridgehead atoms. The van der Waals surface area contributed by atoms with Gasteiger partial charge in [-0.2, -0.15) is 0 Å². The lowest BCUT2D eigenvalue weighted by molar-refractivity contribution is 0.191. The average Bonchev–Trinajstić information content (AvgIpc) is 2.05. The zero-order valence-corrected chi connectivity index (χ0v) is 6.43. The molecule has 0 aromatic carbocycles. The highest BCUT2D eigenvalue weighted by atomic mass is 16.3. The molecule has 0 radical (unpaired) electrons. The molecule has 0 aromatic heterocycles. The topological polar surface area (TPSA) is 44.3 Å². The molecule has 3 nitrogen and oxygen atoms in total. The van der Waals surface area contributed by atoms with E-state index in [0.29, 0.717) is 12.0 Å². The summed E-state index contributed by atoms with van der Waals surface area (Å²) >= 11 is 0. The van der Waals surface area contributed by atoms with Gasteiger partial charge in [0.15, 0.2) is 0 Å². The predicted octanol–water partition coefficient (Wildman–Crippen LogP) is -0.824. The molecule has 2 atom stereocenters. The molecule has 10 heavy (non-hydrogen) atoms. The first-order valence-electron chi connectivity index (χ1n) is 3.89. The van der Waals surface area contributed by atoms with Gasteiger partial charge in [-0.3, -0.25) is 0 Å². The van der Waals surface area contributed by atoms with Crippen LogP contribution < -0.4 is 10.6 Å². The Hall–Kier alpha value is -0.120. The van der Waals surface area contributed by atoms with Crippen LogP contribution in [-0.4, -0.2) is 37.4 Å². The molecule has 1 aliphatic rings. The molecule has 0 spiro atoms. The largest absolute Gasteiger partial charge is 0.396 e. The molecule has 2 unspecified atom stereocenters. The molecule has 1 aliphatic heterocycles. The minimum Gasteiger partial charge on any atom is -0.396 e. The Bertz CT molecular complexity index is 91.6. The molecule has 0 aromatic rings. The van der Waals surface area contributed by atoms with E-state index in [-0.39, 0.29) is 6.61 Å². The van der Waals surface area contributed by atoms with Crippen molar-refractivity contribution in [2.24, 2.45) is 5.92 Å². The van der Waals surface area contributed by atoms with Crippen LogP contribution in [0.5, 0.6) is 0 Å². The van der Waals surface area contributed by atoms with Gasteiger partial charge in [0.2, 0.25) is 0 Å². The standard InChI is InChI=1S/C7H16N2O/c1-6(5-10)7-4-8-2-3-9-7/h6-10H,2-5H2,1H3. The Morgan fingerprint density at radius 3 is 2.90 bits per heavy atom. The maximum atomic E-state index is 8.82. The molecule has 0 saturated carbocycles. The predicted molar refractivity (Wildman–Crippen MR) is 40.9 cm³/mol. The van der Waals surface area contributed by atoms with Crippen LogP contribution in [0.3, 0.4) is 0 Å². The Balaban J connectivity index is 2.24. The summed E-state index contributed by atoms with van der Waals surface area (Å²) in [7, 11) is 0. The highest BCUT2D eigenvalue weighted by molar-refractivity contribution is 4.79. The van der Waals surface area contributed by atoms with E-state index in [4.69, 9.17) is 5.11 Å². The summed E-state index contributed by atoms with van der Waals surface area (Å²) in [4.78, 5) is 0. The van der Waals surface area contributed by atoms with E-state index in [0.717, 1.165) is 19.6 Å². The summed E-state index contributed by atoms with van der Waals surface area (Å²) in [6.07, 6.45) is 0. The van der Waals surface area contributed by atoms with E-state index < -0.39 is 0 Å². The van der Waals surface area contributed by atoms with Crippen molar-refractivity contribution in [3.8, 4) is 0 Å². The molecule has 3 N–H and O–H groups in total. The zero-order chi connectivity index (χ0) is 7.40. The number of aliphatic hydroxyl groups excluding tert-OH is 1. The van der Waals surface area contributed by atoms with E-state index in [1.807, 2.05) is 0 Å². The fourth-order valence-corrected chi connectivity index (χ4v) is 1.21. The summed E-state index contributed by atoms with van der Waals surface area (Å²) in [5, 5.41) is 15.4. The SMILES string of the molecule is CC(CO)C1CNCCN1. The van der Waals surface area contributed by atoms with Gasteiger partial charge >= 0.3 is 0 Å². The van der Waals surface area contributed by atoms with Crippen molar-refractivity contribution in [1.82, 2.24) is 10.6 Å². The van der Waals surface area contributed by atoms with E-state index in [1.165, 1.54) is 0 Å². The minimum absolute atomic E-state index is 0.277. The summed E-state index contributed by atoms with van der Waals surface area (Å²) in [6.45, 7) is 5.40. The number of nitrogens with one attached hydrogen (secondary N) is 2. The molecule has 1 saturated heterocycles. The van der Waals surface area contributed by atoms with Crippen molar-refractivity contribution in [2.45, 2.75) is 13.0 Å². The summed E-state index contributed by atoms with van der Waals surface area (Å²) in [6, 6.07) is 0.457. The molecule has 1 rings (SSSR count). The summed E-state index contributed by atoms with van der Waals surface area (Å²) in [5.74, 6) is 0.368. The van der Waals surface area contributed by atoms with Crippen LogP contribution in [-0.2, 0) is 0 Å². The second-order valence-electron chi connectivity index (χ2n) is 2.92. The molecule has 1 fully saturated rings. The monoisotopic (exact) mass is 144 g/mol. The summed E-state index contributed by atoms with van der Waals surface area (Å²) in [5.41, 5.74) is 0. The van der Waals surface area contributed by atoms with Crippen LogP contribution in [0.4, 0.5) is 0 Å². The van der Waals surface area contributed by atoms with Gasteiger partial charge in [0, 0.05) is 32.3 Å². The molecular formula is C7H16N2O. The van der Waals surface area contributed by atoms with Gasteiger partial charge in [0.05, 0.1) is 0 Å². The second-order valence-corrected chi connectivity index (χ2v) is 2.92. The van der Waals surface area contributed by atoms with Crippen LogP contribution in [0.1, 0.15) is 6.92 Å². The van der Waals surface area contributed by atoms with Crippen molar-refractivity contribution in [1.29, 1.82) is 0 Å². The van der Waals surface area contributed by atoms with E-state index >= 15 is 0 Å². The third-order valence-corrected chi connectivity index (χ3v) is 2.05. The lowest BCUT2D eigenvalue weighted by Gasteiger charge is -2.28.